The van der Waals surface area contributed by atoms with E-state index in [1.807, 2.05) is 29.7 Å². The number of nitrogen functional groups attached to an aromatic ring is 1. The highest BCUT2D eigenvalue weighted by atomic mass is 16.5. The van der Waals surface area contributed by atoms with Gasteiger partial charge in [0, 0.05) is 13.2 Å². The van der Waals surface area contributed by atoms with Crippen molar-refractivity contribution in [3.05, 3.63) is 23.8 Å². The second-order valence-corrected chi connectivity index (χ2v) is 5.03. The Morgan fingerprint density at radius 1 is 1.39 bits per heavy atom. The van der Waals surface area contributed by atoms with E-state index in [0.29, 0.717) is 18.5 Å². The average molecular weight is 247 g/mol. The van der Waals surface area contributed by atoms with Gasteiger partial charge in [-0.15, -0.1) is 0 Å². The monoisotopic (exact) mass is 247 g/mol. The van der Waals surface area contributed by atoms with E-state index in [-0.39, 0.29) is 0 Å². The molecule has 0 aliphatic heterocycles. The predicted molar refractivity (Wildman–Crippen MR) is 74.5 cm³/mol. The number of para-hydroxylation sites is 1. The Kier molecular flexibility index (Phi) is 3.87. The molecule has 2 N–H and O–H groups in total. The number of imidazole rings is 1. The fraction of sp³-hybridized carbons (Fsp3) is 0.500. The van der Waals surface area contributed by atoms with Gasteiger partial charge in [0.05, 0.1) is 17.6 Å². The SMILES string of the molecule is Cc1cccc2c1nc(N)n2CCOCC(C)C. The standard InChI is InChI=1S/C14H21N3O/c1-10(2)9-18-8-7-17-12-6-4-5-11(3)13(12)16-14(17)15/h4-6,10H,7-9H2,1-3H3,(H2,15,16). The van der Waals surface area contributed by atoms with Crippen LogP contribution in [0.3, 0.4) is 0 Å². The number of hydrogen-bond acceptors (Lipinski definition) is 3. The molecular weight excluding hydrogens is 226 g/mol. The summed E-state index contributed by atoms with van der Waals surface area (Å²) < 4.78 is 7.61. The molecule has 0 radical (unpaired) electrons. The number of anilines is 1. The molecule has 1 aromatic heterocycles. The number of nitrogens with two attached hydrogens (primary N) is 1. The van der Waals surface area contributed by atoms with Crippen LogP contribution >= 0.6 is 0 Å². The maximum absolute atomic E-state index is 5.96. The van der Waals surface area contributed by atoms with Gasteiger partial charge in [0.25, 0.3) is 0 Å². The van der Waals surface area contributed by atoms with Crippen LogP contribution in [0, 0.1) is 12.8 Å². The van der Waals surface area contributed by atoms with Gasteiger partial charge in [-0.2, -0.15) is 0 Å². The molecule has 0 saturated heterocycles. The van der Waals surface area contributed by atoms with Gasteiger partial charge in [-0.05, 0) is 24.5 Å². The number of hydrogen-bond donors (Lipinski definition) is 1. The molecule has 0 fully saturated rings. The molecule has 0 unspecified atom stereocenters. The van der Waals surface area contributed by atoms with E-state index in [9.17, 15) is 0 Å². The largest absolute Gasteiger partial charge is 0.379 e. The molecule has 0 atom stereocenters. The maximum Gasteiger partial charge on any atom is 0.201 e. The van der Waals surface area contributed by atoms with Gasteiger partial charge in [0.15, 0.2) is 0 Å². The first-order valence-electron chi connectivity index (χ1n) is 6.38. The topological polar surface area (TPSA) is 53.1 Å². The van der Waals surface area contributed by atoms with Crippen molar-refractivity contribution in [2.75, 3.05) is 18.9 Å². The van der Waals surface area contributed by atoms with Crippen LogP contribution in [0.1, 0.15) is 19.4 Å². The van der Waals surface area contributed by atoms with Crippen molar-refractivity contribution in [3.63, 3.8) is 0 Å². The molecule has 0 spiro atoms. The zero-order chi connectivity index (χ0) is 13.1. The van der Waals surface area contributed by atoms with Crippen molar-refractivity contribution in [3.8, 4) is 0 Å². The Labute approximate surface area is 108 Å². The van der Waals surface area contributed by atoms with Crippen LogP contribution in [0.15, 0.2) is 18.2 Å². The summed E-state index contributed by atoms with van der Waals surface area (Å²) in [5.41, 5.74) is 9.18. The molecule has 0 bridgehead atoms. The molecule has 2 aromatic rings. The maximum atomic E-state index is 5.96. The lowest BCUT2D eigenvalue weighted by molar-refractivity contribution is 0.104. The van der Waals surface area contributed by atoms with Gasteiger partial charge in [0.1, 0.15) is 0 Å². The molecule has 4 nitrogen and oxygen atoms in total. The molecule has 2 rings (SSSR count). The predicted octanol–water partition coefficient (Wildman–Crippen LogP) is 2.60. The third-order valence-corrected chi connectivity index (χ3v) is 2.92. The highest BCUT2D eigenvalue weighted by molar-refractivity contribution is 5.81. The fourth-order valence-corrected chi connectivity index (χ4v) is 2.01. The third kappa shape index (κ3) is 2.64. The summed E-state index contributed by atoms with van der Waals surface area (Å²) in [5, 5.41) is 0. The minimum absolute atomic E-state index is 0.559. The number of nitrogens with zero attached hydrogens (tertiary/aromatic N) is 2. The lowest BCUT2D eigenvalue weighted by Crippen LogP contribution is -2.11. The first-order chi connectivity index (χ1) is 8.59. The first kappa shape index (κ1) is 12.9. The zero-order valence-corrected chi connectivity index (χ0v) is 11.3. The zero-order valence-electron chi connectivity index (χ0n) is 11.3. The molecule has 4 heteroatoms. The Morgan fingerprint density at radius 2 is 2.17 bits per heavy atom. The van der Waals surface area contributed by atoms with Crippen LogP contribution in [0.4, 0.5) is 5.95 Å². The summed E-state index contributed by atoms with van der Waals surface area (Å²) in [6.45, 7) is 8.54. The van der Waals surface area contributed by atoms with Crippen LogP contribution in [0.2, 0.25) is 0 Å². The van der Waals surface area contributed by atoms with Crippen molar-refractivity contribution in [1.82, 2.24) is 9.55 Å². The van der Waals surface area contributed by atoms with Crippen LogP contribution in [0.5, 0.6) is 0 Å². The van der Waals surface area contributed by atoms with E-state index in [1.165, 1.54) is 0 Å². The van der Waals surface area contributed by atoms with Crippen molar-refractivity contribution in [2.45, 2.75) is 27.3 Å². The van der Waals surface area contributed by atoms with E-state index >= 15 is 0 Å². The average Bonchev–Trinajstić information content (AvgIpc) is 2.63. The number of rotatable bonds is 5. The molecule has 1 aromatic carbocycles. The van der Waals surface area contributed by atoms with Crippen LogP contribution in [-0.2, 0) is 11.3 Å². The van der Waals surface area contributed by atoms with Gasteiger partial charge >= 0.3 is 0 Å². The Bertz CT molecular complexity index is 531. The molecule has 0 aliphatic rings. The highest BCUT2D eigenvalue weighted by Crippen LogP contribution is 2.20. The smallest absolute Gasteiger partial charge is 0.201 e. The molecular formula is C14H21N3O. The summed E-state index contributed by atoms with van der Waals surface area (Å²) in [4.78, 5) is 4.41. The summed E-state index contributed by atoms with van der Waals surface area (Å²) in [6.07, 6.45) is 0. The molecule has 1 heterocycles. The lowest BCUT2D eigenvalue weighted by atomic mass is 10.2. The number of ether oxygens (including phenoxy) is 1. The second-order valence-electron chi connectivity index (χ2n) is 5.03. The number of aryl methyl sites for hydroxylation is 1. The van der Waals surface area contributed by atoms with Gasteiger partial charge in [-0.25, -0.2) is 4.98 Å². The van der Waals surface area contributed by atoms with Gasteiger partial charge in [-0.1, -0.05) is 26.0 Å². The van der Waals surface area contributed by atoms with E-state index in [0.717, 1.165) is 29.7 Å². The summed E-state index contributed by atoms with van der Waals surface area (Å²) >= 11 is 0. The number of fused-ring (bicyclic) bond motifs is 1. The van der Waals surface area contributed by atoms with Crippen molar-refractivity contribution in [1.29, 1.82) is 0 Å². The minimum atomic E-state index is 0.559. The molecule has 0 aliphatic carbocycles. The van der Waals surface area contributed by atoms with Crippen LogP contribution in [0.25, 0.3) is 11.0 Å². The van der Waals surface area contributed by atoms with Crippen molar-refractivity contribution >= 4 is 17.0 Å². The Hall–Kier alpha value is -1.55. The van der Waals surface area contributed by atoms with Crippen molar-refractivity contribution in [2.24, 2.45) is 5.92 Å². The first-order valence-corrected chi connectivity index (χ1v) is 6.38. The van der Waals surface area contributed by atoms with E-state index in [1.54, 1.807) is 0 Å². The third-order valence-electron chi connectivity index (χ3n) is 2.92. The summed E-state index contributed by atoms with van der Waals surface area (Å²) in [6, 6.07) is 6.13. The van der Waals surface area contributed by atoms with E-state index in [4.69, 9.17) is 10.5 Å². The Balaban J connectivity index is 2.13. The lowest BCUT2D eigenvalue weighted by Gasteiger charge is -2.09. The summed E-state index contributed by atoms with van der Waals surface area (Å²) in [5.74, 6) is 1.12. The minimum Gasteiger partial charge on any atom is -0.379 e. The van der Waals surface area contributed by atoms with Crippen LogP contribution < -0.4 is 5.73 Å². The molecule has 18 heavy (non-hydrogen) atoms. The van der Waals surface area contributed by atoms with E-state index < -0.39 is 0 Å². The Morgan fingerprint density at radius 3 is 2.89 bits per heavy atom. The molecule has 0 saturated carbocycles. The summed E-state index contributed by atoms with van der Waals surface area (Å²) in [7, 11) is 0. The normalized spacial score (nSPS) is 11.6. The van der Waals surface area contributed by atoms with E-state index in [2.05, 4.69) is 18.8 Å². The number of benzene rings is 1. The molecule has 0 amide bonds. The highest BCUT2D eigenvalue weighted by Gasteiger charge is 2.09. The quantitative estimate of drug-likeness (QED) is 0.826. The van der Waals surface area contributed by atoms with Crippen molar-refractivity contribution < 1.29 is 4.74 Å². The van der Waals surface area contributed by atoms with Gasteiger partial charge < -0.3 is 15.0 Å². The van der Waals surface area contributed by atoms with Crippen LogP contribution in [-0.4, -0.2) is 22.8 Å². The van der Waals surface area contributed by atoms with Gasteiger partial charge in [0.2, 0.25) is 5.95 Å². The fourth-order valence-electron chi connectivity index (χ4n) is 2.01. The second kappa shape index (κ2) is 5.40. The number of aromatic nitrogens is 2. The van der Waals surface area contributed by atoms with Gasteiger partial charge in [-0.3, -0.25) is 0 Å². The molecule has 98 valence electrons.